The first-order chi connectivity index (χ1) is 9.97. The number of hydrogen-bond acceptors (Lipinski definition) is 2. The van der Waals surface area contributed by atoms with Gasteiger partial charge in [-0.3, -0.25) is 9.59 Å². The Labute approximate surface area is 133 Å². The average Bonchev–Trinajstić information content (AvgIpc) is 2.44. The van der Waals surface area contributed by atoms with Crippen LogP contribution in [0.25, 0.3) is 6.08 Å². The number of carboxylic acids is 1. The van der Waals surface area contributed by atoms with Gasteiger partial charge in [0.05, 0.1) is 0 Å². The number of hydrogen-bond donors (Lipinski definition) is 2. The van der Waals surface area contributed by atoms with Crippen molar-refractivity contribution in [3.05, 3.63) is 40.4 Å². The van der Waals surface area contributed by atoms with Crippen molar-refractivity contribution in [3.8, 4) is 0 Å². The highest BCUT2D eigenvalue weighted by atomic mass is 79.9. The zero-order chi connectivity index (χ0) is 15.7. The molecule has 1 aromatic rings. The molecule has 0 aromatic heterocycles. The predicted molar refractivity (Wildman–Crippen MR) is 86.8 cm³/mol. The van der Waals surface area contributed by atoms with E-state index < -0.39 is 5.97 Å². The maximum absolute atomic E-state index is 11.6. The highest BCUT2D eigenvalue weighted by Gasteiger charge is 2.05. The molecule has 114 valence electrons. The topological polar surface area (TPSA) is 66.4 Å². The number of rotatable bonds is 8. The van der Waals surface area contributed by atoms with Crippen LogP contribution in [0.15, 0.2) is 34.8 Å². The molecule has 0 bridgehead atoms. The molecule has 0 saturated carbocycles. The zero-order valence-corrected chi connectivity index (χ0v) is 13.6. The molecule has 1 unspecified atom stereocenters. The van der Waals surface area contributed by atoms with Gasteiger partial charge in [0.2, 0.25) is 5.91 Å². The van der Waals surface area contributed by atoms with Crippen LogP contribution in [-0.4, -0.2) is 23.5 Å². The fourth-order valence-corrected chi connectivity index (χ4v) is 2.03. The Morgan fingerprint density at radius 3 is 2.57 bits per heavy atom. The van der Waals surface area contributed by atoms with Crippen LogP contribution in [-0.2, 0) is 9.59 Å². The molecular formula is C16H20BrNO3. The Hall–Kier alpha value is -1.62. The van der Waals surface area contributed by atoms with Crippen molar-refractivity contribution in [2.75, 3.05) is 6.54 Å². The molecule has 0 aliphatic carbocycles. The summed E-state index contributed by atoms with van der Waals surface area (Å²) in [5.74, 6) is -0.622. The van der Waals surface area contributed by atoms with E-state index in [2.05, 4.69) is 21.2 Å². The number of carboxylic acid groups (broad SMARTS) is 1. The smallest absolute Gasteiger partial charge is 0.303 e. The molecule has 21 heavy (non-hydrogen) atoms. The summed E-state index contributed by atoms with van der Waals surface area (Å²) in [4.78, 5) is 22.1. The minimum atomic E-state index is -0.775. The van der Waals surface area contributed by atoms with Gasteiger partial charge in [0.15, 0.2) is 0 Å². The second kappa shape index (κ2) is 9.34. The van der Waals surface area contributed by atoms with Crippen molar-refractivity contribution in [1.29, 1.82) is 0 Å². The van der Waals surface area contributed by atoms with E-state index in [9.17, 15) is 9.59 Å². The van der Waals surface area contributed by atoms with Gasteiger partial charge in [-0.25, -0.2) is 0 Å². The molecule has 0 fully saturated rings. The standard InChI is InChI=1S/C16H20BrNO3/c1-12(2-9-16(20)21)10-11-18-15(19)8-5-13-3-6-14(17)7-4-13/h3-8,12H,2,9-11H2,1H3,(H,18,19)(H,20,21). The van der Waals surface area contributed by atoms with E-state index in [0.717, 1.165) is 16.5 Å². The third kappa shape index (κ3) is 8.30. The molecule has 0 spiro atoms. The van der Waals surface area contributed by atoms with Crippen LogP contribution in [0.4, 0.5) is 0 Å². The Bertz CT molecular complexity index is 497. The van der Waals surface area contributed by atoms with E-state index in [1.54, 1.807) is 6.08 Å². The van der Waals surface area contributed by atoms with E-state index in [4.69, 9.17) is 5.11 Å². The van der Waals surface area contributed by atoms with Crippen LogP contribution in [0.3, 0.4) is 0 Å². The molecular weight excluding hydrogens is 334 g/mol. The number of amides is 1. The molecule has 1 rings (SSSR count). The second-order valence-electron chi connectivity index (χ2n) is 5.00. The Kier molecular flexibility index (Phi) is 7.75. The van der Waals surface area contributed by atoms with E-state index in [1.165, 1.54) is 6.08 Å². The van der Waals surface area contributed by atoms with Crippen LogP contribution in [0.5, 0.6) is 0 Å². The van der Waals surface area contributed by atoms with Crippen LogP contribution in [0.2, 0.25) is 0 Å². The van der Waals surface area contributed by atoms with Crippen molar-refractivity contribution in [2.24, 2.45) is 5.92 Å². The summed E-state index contributed by atoms with van der Waals surface area (Å²) >= 11 is 3.35. The molecule has 5 heteroatoms. The third-order valence-electron chi connectivity index (χ3n) is 3.08. The second-order valence-corrected chi connectivity index (χ2v) is 5.92. The quantitative estimate of drug-likeness (QED) is 0.703. The van der Waals surface area contributed by atoms with Gasteiger partial charge >= 0.3 is 5.97 Å². The minimum Gasteiger partial charge on any atom is -0.481 e. The van der Waals surface area contributed by atoms with Crippen LogP contribution in [0, 0.1) is 5.92 Å². The van der Waals surface area contributed by atoms with Crippen molar-refractivity contribution in [1.82, 2.24) is 5.32 Å². The normalized spacial score (nSPS) is 12.3. The summed E-state index contributed by atoms with van der Waals surface area (Å²) in [6.45, 7) is 2.55. The Balaban J connectivity index is 2.24. The van der Waals surface area contributed by atoms with Gasteiger partial charge in [0.25, 0.3) is 0 Å². The van der Waals surface area contributed by atoms with Gasteiger partial charge in [0, 0.05) is 23.5 Å². The maximum atomic E-state index is 11.6. The van der Waals surface area contributed by atoms with Gasteiger partial charge in [-0.1, -0.05) is 35.0 Å². The van der Waals surface area contributed by atoms with Crippen LogP contribution < -0.4 is 5.32 Å². The lowest BCUT2D eigenvalue weighted by atomic mass is 10.0. The van der Waals surface area contributed by atoms with Gasteiger partial charge in [-0.15, -0.1) is 0 Å². The average molecular weight is 354 g/mol. The number of carbonyl (C=O) groups is 2. The van der Waals surface area contributed by atoms with Crippen molar-refractivity contribution >= 4 is 33.9 Å². The third-order valence-corrected chi connectivity index (χ3v) is 3.61. The van der Waals surface area contributed by atoms with Crippen LogP contribution >= 0.6 is 15.9 Å². The van der Waals surface area contributed by atoms with Gasteiger partial charge in [0.1, 0.15) is 0 Å². The summed E-state index contributed by atoms with van der Waals surface area (Å²) in [7, 11) is 0. The van der Waals surface area contributed by atoms with E-state index in [-0.39, 0.29) is 18.2 Å². The number of benzene rings is 1. The van der Waals surface area contributed by atoms with Gasteiger partial charge < -0.3 is 10.4 Å². The summed E-state index contributed by atoms with van der Waals surface area (Å²) in [6, 6.07) is 7.67. The van der Waals surface area contributed by atoms with E-state index in [0.29, 0.717) is 13.0 Å². The molecule has 0 aliphatic rings. The first-order valence-corrected chi connectivity index (χ1v) is 7.70. The lowest BCUT2D eigenvalue weighted by Gasteiger charge is -2.09. The minimum absolute atomic E-state index is 0.136. The Morgan fingerprint density at radius 2 is 1.95 bits per heavy atom. The molecule has 1 atom stereocenters. The summed E-state index contributed by atoms with van der Waals surface area (Å²) < 4.78 is 0.999. The monoisotopic (exact) mass is 353 g/mol. The largest absolute Gasteiger partial charge is 0.481 e. The lowest BCUT2D eigenvalue weighted by molar-refractivity contribution is -0.137. The van der Waals surface area contributed by atoms with Crippen molar-refractivity contribution < 1.29 is 14.7 Å². The summed E-state index contributed by atoms with van der Waals surface area (Å²) in [5.41, 5.74) is 0.961. The molecule has 1 amide bonds. The first-order valence-electron chi connectivity index (χ1n) is 6.90. The first kappa shape index (κ1) is 17.4. The van der Waals surface area contributed by atoms with Gasteiger partial charge in [-0.2, -0.15) is 0 Å². The molecule has 0 aliphatic heterocycles. The number of halogens is 1. The molecule has 0 saturated heterocycles. The highest BCUT2D eigenvalue weighted by Crippen LogP contribution is 2.11. The Morgan fingerprint density at radius 1 is 1.29 bits per heavy atom. The fraction of sp³-hybridized carbons (Fsp3) is 0.375. The molecule has 0 heterocycles. The fourth-order valence-electron chi connectivity index (χ4n) is 1.76. The van der Waals surface area contributed by atoms with Gasteiger partial charge in [-0.05, 0) is 42.5 Å². The SMILES string of the molecule is CC(CCNC(=O)C=Cc1ccc(Br)cc1)CCC(=O)O. The highest BCUT2D eigenvalue weighted by molar-refractivity contribution is 9.10. The summed E-state index contributed by atoms with van der Waals surface area (Å²) in [6.07, 6.45) is 4.87. The van der Waals surface area contributed by atoms with E-state index in [1.807, 2.05) is 31.2 Å². The van der Waals surface area contributed by atoms with E-state index >= 15 is 0 Å². The maximum Gasteiger partial charge on any atom is 0.303 e. The number of carbonyl (C=O) groups excluding carboxylic acids is 1. The zero-order valence-electron chi connectivity index (χ0n) is 12.0. The lowest BCUT2D eigenvalue weighted by Crippen LogP contribution is -2.23. The molecule has 0 radical (unpaired) electrons. The summed E-state index contributed by atoms with van der Waals surface area (Å²) in [5, 5.41) is 11.4. The van der Waals surface area contributed by atoms with Crippen molar-refractivity contribution in [3.63, 3.8) is 0 Å². The predicted octanol–water partition coefficient (Wildman–Crippen LogP) is 3.47. The molecule has 4 nitrogen and oxygen atoms in total. The number of aliphatic carboxylic acids is 1. The number of nitrogens with one attached hydrogen (secondary N) is 1. The molecule has 2 N–H and O–H groups in total. The van der Waals surface area contributed by atoms with Crippen molar-refractivity contribution in [2.45, 2.75) is 26.2 Å². The van der Waals surface area contributed by atoms with Crippen LogP contribution in [0.1, 0.15) is 31.7 Å². The molecule has 1 aromatic carbocycles.